The lowest BCUT2D eigenvalue weighted by molar-refractivity contribution is -0.123. The highest BCUT2D eigenvalue weighted by molar-refractivity contribution is 6.03. The minimum atomic E-state index is -1.30. The number of halogens is 2. The Kier molecular flexibility index (Phi) is 5.16. The molecule has 0 aliphatic carbocycles. The Morgan fingerprint density at radius 1 is 1.14 bits per heavy atom. The molecule has 0 radical (unpaired) electrons. The van der Waals surface area contributed by atoms with E-state index in [2.05, 4.69) is 10.4 Å². The quantitative estimate of drug-likeness (QED) is 0.695. The molecule has 2 aromatic carbocycles. The van der Waals surface area contributed by atoms with E-state index in [0.717, 1.165) is 16.8 Å². The van der Waals surface area contributed by atoms with Gasteiger partial charge in [-0.05, 0) is 25.1 Å². The number of hydrogen-bond acceptors (Lipinski definition) is 5. The van der Waals surface area contributed by atoms with Gasteiger partial charge in [0.15, 0.2) is 11.8 Å². The molecule has 0 saturated carbocycles. The summed E-state index contributed by atoms with van der Waals surface area (Å²) < 4.78 is 32.7. The van der Waals surface area contributed by atoms with Crippen molar-refractivity contribution in [3.63, 3.8) is 0 Å². The number of nitrogens with zero attached hydrogens (tertiary/aromatic N) is 2. The highest BCUT2D eigenvalue weighted by Gasteiger charge is 2.23. The van der Waals surface area contributed by atoms with Crippen molar-refractivity contribution in [2.75, 3.05) is 5.32 Å². The van der Waals surface area contributed by atoms with Gasteiger partial charge in [-0.15, -0.1) is 0 Å². The summed E-state index contributed by atoms with van der Waals surface area (Å²) in [4.78, 5) is 36.8. The molecule has 144 valence electrons. The molecule has 1 aromatic heterocycles. The number of esters is 1. The summed E-state index contributed by atoms with van der Waals surface area (Å²) in [5.74, 6) is -3.48. The third kappa shape index (κ3) is 3.73. The van der Waals surface area contributed by atoms with E-state index in [1.54, 1.807) is 24.3 Å². The van der Waals surface area contributed by atoms with Gasteiger partial charge in [0, 0.05) is 18.5 Å². The Labute approximate surface area is 157 Å². The number of amides is 1. The number of rotatable bonds is 4. The summed E-state index contributed by atoms with van der Waals surface area (Å²) in [5.41, 5.74) is -0.768. The first-order chi connectivity index (χ1) is 13.3. The van der Waals surface area contributed by atoms with E-state index >= 15 is 0 Å². The van der Waals surface area contributed by atoms with Crippen molar-refractivity contribution < 1.29 is 23.1 Å². The summed E-state index contributed by atoms with van der Waals surface area (Å²) in [6.45, 7) is 1.29. The van der Waals surface area contributed by atoms with E-state index in [-0.39, 0.29) is 27.7 Å². The number of aromatic nitrogens is 2. The molecule has 0 unspecified atom stereocenters. The molecule has 7 nitrogen and oxygen atoms in total. The third-order valence-corrected chi connectivity index (χ3v) is 3.99. The van der Waals surface area contributed by atoms with Gasteiger partial charge in [0.2, 0.25) is 0 Å². The van der Waals surface area contributed by atoms with Crippen LogP contribution in [0.15, 0.2) is 47.3 Å². The van der Waals surface area contributed by atoms with Crippen LogP contribution in [0.25, 0.3) is 10.8 Å². The topological polar surface area (TPSA) is 90.3 Å². The molecule has 1 amide bonds. The SMILES string of the molecule is C[C@@H](OC(=O)c1nn(C)c(=O)c2ccccc12)C(=O)Nc1ccc(F)cc1F. The monoisotopic (exact) mass is 387 g/mol. The lowest BCUT2D eigenvalue weighted by Gasteiger charge is -2.14. The average molecular weight is 387 g/mol. The van der Waals surface area contributed by atoms with Gasteiger partial charge in [-0.2, -0.15) is 5.10 Å². The minimum absolute atomic E-state index is 0.134. The van der Waals surface area contributed by atoms with Gasteiger partial charge in [-0.1, -0.05) is 18.2 Å². The van der Waals surface area contributed by atoms with Gasteiger partial charge >= 0.3 is 5.97 Å². The predicted octanol–water partition coefficient (Wildman–Crippen LogP) is 2.40. The number of hydrogen-bond donors (Lipinski definition) is 1. The van der Waals surface area contributed by atoms with Crippen molar-refractivity contribution in [2.45, 2.75) is 13.0 Å². The van der Waals surface area contributed by atoms with Crippen molar-refractivity contribution in [3.8, 4) is 0 Å². The van der Waals surface area contributed by atoms with Crippen LogP contribution in [0.5, 0.6) is 0 Å². The van der Waals surface area contributed by atoms with Crippen molar-refractivity contribution in [2.24, 2.45) is 7.05 Å². The van der Waals surface area contributed by atoms with Crippen LogP contribution in [0.1, 0.15) is 17.4 Å². The third-order valence-electron chi connectivity index (χ3n) is 3.99. The van der Waals surface area contributed by atoms with Gasteiger partial charge in [-0.25, -0.2) is 18.3 Å². The van der Waals surface area contributed by atoms with Gasteiger partial charge in [0.1, 0.15) is 11.6 Å². The lowest BCUT2D eigenvalue weighted by Crippen LogP contribution is -2.31. The van der Waals surface area contributed by atoms with E-state index in [1.807, 2.05) is 0 Å². The van der Waals surface area contributed by atoms with Crippen molar-refractivity contribution in [1.82, 2.24) is 9.78 Å². The maximum atomic E-state index is 13.7. The highest BCUT2D eigenvalue weighted by Crippen LogP contribution is 2.17. The second-order valence-electron chi connectivity index (χ2n) is 5.98. The van der Waals surface area contributed by atoms with Crippen LogP contribution in [0.2, 0.25) is 0 Å². The lowest BCUT2D eigenvalue weighted by atomic mass is 10.1. The van der Waals surface area contributed by atoms with Gasteiger partial charge in [0.05, 0.1) is 11.1 Å². The molecule has 9 heteroatoms. The molecular formula is C19H15F2N3O4. The Bertz CT molecular complexity index is 1140. The Balaban J connectivity index is 1.81. The number of benzene rings is 2. The number of nitrogens with one attached hydrogen (secondary N) is 1. The summed E-state index contributed by atoms with van der Waals surface area (Å²) >= 11 is 0. The van der Waals surface area contributed by atoms with E-state index < -0.39 is 29.6 Å². The van der Waals surface area contributed by atoms with Crippen LogP contribution in [-0.2, 0) is 16.6 Å². The van der Waals surface area contributed by atoms with E-state index in [9.17, 15) is 23.2 Å². The van der Waals surface area contributed by atoms with Gasteiger partial charge in [-0.3, -0.25) is 9.59 Å². The number of carbonyl (C=O) groups is 2. The second-order valence-corrected chi connectivity index (χ2v) is 5.98. The molecule has 0 bridgehead atoms. The molecule has 0 spiro atoms. The molecule has 28 heavy (non-hydrogen) atoms. The fourth-order valence-corrected chi connectivity index (χ4v) is 2.55. The molecule has 0 aliphatic heterocycles. The molecule has 0 fully saturated rings. The van der Waals surface area contributed by atoms with Crippen LogP contribution in [0.3, 0.4) is 0 Å². The number of carbonyl (C=O) groups excluding carboxylic acids is 2. The summed E-state index contributed by atoms with van der Waals surface area (Å²) in [6.07, 6.45) is -1.30. The first kappa shape index (κ1) is 19.2. The number of fused-ring (bicyclic) bond motifs is 1. The van der Waals surface area contributed by atoms with Gasteiger partial charge < -0.3 is 10.1 Å². The highest BCUT2D eigenvalue weighted by atomic mass is 19.1. The Morgan fingerprint density at radius 2 is 1.82 bits per heavy atom. The molecule has 0 saturated heterocycles. The summed E-state index contributed by atoms with van der Waals surface area (Å²) in [5, 5.41) is 6.70. The van der Waals surface area contributed by atoms with Crippen molar-refractivity contribution >= 4 is 28.3 Å². The molecular weight excluding hydrogens is 372 g/mol. The molecule has 1 heterocycles. The zero-order chi connectivity index (χ0) is 20.4. The fraction of sp³-hybridized carbons (Fsp3) is 0.158. The van der Waals surface area contributed by atoms with Crippen molar-refractivity contribution in [3.05, 3.63) is 70.1 Å². The zero-order valence-corrected chi connectivity index (χ0v) is 14.9. The predicted molar refractivity (Wildman–Crippen MR) is 96.8 cm³/mol. The number of anilines is 1. The van der Waals surface area contributed by atoms with Crippen LogP contribution >= 0.6 is 0 Å². The molecule has 3 aromatic rings. The smallest absolute Gasteiger partial charge is 0.360 e. The van der Waals surface area contributed by atoms with Crippen LogP contribution in [0, 0.1) is 11.6 Å². The molecule has 1 atom stereocenters. The van der Waals surface area contributed by atoms with Gasteiger partial charge in [0.25, 0.3) is 11.5 Å². The second kappa shape index (κ2) is 7.55. The Hall–Kier alpha value is -3.62. The first-order valence-electron chi connectivity index (χ1n) is 8.21. The summed E-state index contributed by atoms with van der Waals surface area (Å²) in [7, 11) is 1.39. The van der Waals surface area contributed by atoms with E-state index in [0.29, 0.717) is 6.07 Å². The minimum Gasteiger partial charge on any atom is -0.448 e. The van der Waals surface area contributed by atoms with Crippen molar-refractivity contribution in [1.29, 1.82) is 0 Å². The largest absolute Gasteiger partial charge is 0.448 e. The Morgan fingerprint density at radius 3 is 2.50 bits per heavy atom. The number of ether oxygens (including phenoxy) is 1. The molecule has 0 aliphatic rings. The molecule has 1 N–H and O–H groups in total. The van der Waals surface area contributed by atoms with Crippen LogP contribution in [-0.4, -0.2) is 27.8 Å². The van der Waals surface area contributed by atoms with E-state index in [4.69, 9.17) is 4.74 Å². The van der Waals surface area contributed by atoms with Crippen LogP contribution < -0.4 is 10.9 Å². The first-order valence-corrected chi connectivity index (χ1v) is 8.21. The zero-order valence-electron chi connectivity index (χ0n) is 14.9. The molecule has 3 rings (SSSR count). The summed E-state index contributed by atoms with van der Waals surface area (Å²) in [6, 6.07) is 9.02. The fourth-order valence-electron chi connectivity index (χ4n) is 2.55. The van der Waals surface area contributed by atoms with E-state index in [1.165, 1.54) is 14.0 Å². The maximum Gasteiger partial charge on any atom is 0.360 e. The number of aryl methyl sites for hydroxylation is 1. The maximum absolute atomic E-state index is 13.7. The standard InChI is InChI=1S/C19H15F2N3O4/c1-10(17(25)22-15-8-7-11(20)9-14(15)21)28-19(27)16-12-5-3-4-6-13(12)18(26)24(2)23-16/h3-10H,1-2H3,(H,22,25)/t10-/m1/s1. The normalized spacial score (nSPS) is 11.9. The average Bonchev–Trinajstić information content (AvgIpc) is 2.66. The van der Waals surface area contributed by atoms with Crippen LogP contribution in [0.4, 0.5) is 14.5 Å².